The molecule has 0 bridgehead atoms. The number of benzene rings is 2. The summed E-state index contributed by atoms with van der Waals surface area (Å²) in [5.41, 5.74) is 1.32. The van der Waals surface area contributed by atoms with Crippen LogP contribution >= 0.6 is 27.3 Å². The highest BCUT2D eigenvalue weighted by Crippen LogP contribution is 2.14. The van der Waals surface area contributed by atoms with E-state index in [1.54, 1.807) is 6.08 Å². The fourth-order valence-electron chi connectivity index (χ4n) is 2.88. The molecule has 0 N–H and O–H groups in total. The van der Waals surface area contributed by atoms with E-state index in [0.717, 1.165) is 39.1 Å². The summed E-state index contributed by atoms with van der Waals surface area (Å²) in [6.45, 7) is 2.71. The predicted octanol–water partition coefficient (Wildman–Crippen LogP) is 3.20. The fraction of sp³-hybridized carbons (Fsp3) is 0.182. The Balaban J connectivity index is 1.66. The quantitative estimate of drug-likeness (QED) is 0.421. The first-order valence-corrected chi connectivity index (χ1v) is 11.1. The van der Waals surface area contributed by atoms with Crippen LogP contribution in [-0.2, 0) is 6.42 Å². The van der Waals surface area contributed by atoms with Crippen LogP contribution in [0.3, 0.4) is 0 Å². The molecule has 8 heteroatoms. The lowest BCUT2D eigenvalue weighted by Crippen LogP contribution is -2.28. The second-order valence-corrected chi connectivity index (χ2v) is 8.62. The third kappa shape index (κ3) is 4.49. The van der Waals surface area contributed by atoms with Gasteiger partial charge in [0.15, 0.2) is 0 Å². The molecule has 0 saturated carbocycles. The molecule has 2 aromatic heterocycles. The third-order valence-electron chi connectivity index (χ3n) is 4.39. The molecule has 152 valence electrons. The maximum atomic E-state index is 12.8. The minimum atomic E-state index is -0.419. The second-order valence-electron chi connectivity index (χ2n) is 6.69. The third-order valence-corrected chi connectivity index (χ3v) is 5.87. The van der Waals surface area contributed by atoms with Crippen molar-refractivity contribution in [1.82, 2.24) is 14.6 Å². The van der Waals surface area contributed by atoms with E-state index in [2.05, 4.69) is 26.0 Å². The molecule has 0 radical (unpaired) electrons. The summed E-state index contributed by atoms with van der Waals surface area (Å²) < 4.78 is 8.23. The number of halogens is 1. The Bertz CT molecular complexity index is 1350. The first-order chi connectivity index (χ1) is 14.5. The molecule has 0 saturated heterocycles. The first kappa shape index (κ1) is 20.4. The van der Waals surface area contributed by atoms with Gasteiger partial charge in [0.25, 0.3) is 11.1 Å². The topological polar surface area (TPSA) is 73.6 Å². The van der Waals surface area contributed by atoms with E-state index in [0.29, 0.717) is 22.5 Å². The maximum Gasteiger partial charge on any atom is 0.296 e. The number of thiazole rings is 1. The molecule has 0 aliphatic heterocycles. The molecule has 0 spiro atoms. The number of hydrogen-bond acceptors (Lipinski definition) is 6. The van der Waals surface area contributed by atoms with E-state index in [1.807, 2.05) is 55.5 Å². The second kappa shape index (κ2) is 8.89. The molecule has 2 heterocycles. The average Bonchev–Trinajstić information content (AvgIpc) is 3.04. The Kier molecular flexibility index (Phi) is 6.06. The van der Waals surface area contributed by atoms with Gasteiger partial charge in [-0.05, 0) is 47.9 Å². The van der Waals surface area contributed by atoms with Gasteiger partial charge in [0.1, 0.15) is 11.4 Å². The predicted molar refractivity (Wildman–Crippen MR) is 121 cm³/mol. The molecular weight excluding hydrogens is 466 g/mol. The number of hydrogen-bond donors (Lipinski definition) is 0. The van der Waals surface area contributed by atoms with Gasteiger partial charge in [-0.3, -0.25) is 9.59 Å². The van der Waals surface area contributed by atoms with Gasteiger partial charge in [-0.2, -0.15) is 14.6 Å². The van der Waals surface area contributed by atoms with Gasteiger partial charge in [-0.25, -0.2) is 0 Å². The Morgan fingerprint density at radius 1 is 1.10 bits per heavy atom. The Morgan fingerprint density at radius 2 is 1.83 bits per heavy atom. The van der Waals surface area contributed by atoms with Gasteiger partial charge in [0.2, 0.25) is 4.96 Å². The minimum absolute atomic E-state index is 0.236. The van der Waals surface area contributed by atoms with Crippen molar-refractivity contribution in [2.75, 3.05) is 6.61 Å². The highest BCUT2D eigenvalue weighted by Gasteiger charge is 2.12. The van der Waals surface area contributed by atoms with Crippen molar-refractivity contribution in [3.8, 4) is 5.75 Å². The van der Waals surface area contributed by atoms with Crippen LogP contribution in [0.25, 0.3) is 11.0 Å². The molecule has 0 atom stereocenters. The van der Waals surface area contributed by atoms with Crippen LogP contribution < -0.4 is 20.4 Å². The normalized spacial score (nSPS) is 11.9. The van der Waals surface area contributed by atoms with E-state index < -0.39 is 5.56 Å². The van der Waals surface area contributed by atoms with E-state index >= 15 is 0 Å². The molecular formula is C22H18BrN3O3S. The zero-order valence-corrected chi connectivity index (χ0v) is 18.6. The smallest absolute Gasteiger partial charge is 0.296 e. The van der Waals surface area contributed by atoms with Crippen LogP contribution in [0.15, 0.2) is 62.6 Å². The summed E-state index contributed by atoms with van der Waals surface area (Å²) in [7, 11) is 0. The number of ether oxygens (including phenoxy) is 1. The Morgan fingerprint density at radius 3 is 2.53 bits per heavy atom. The van der Waals surface area contributed by atoms with E-state index in [4.69, 9.17) is 4.74 Å². The monoisotopic (exact) mass is 483 g/mol. The van der Waals surface area contributed by atoms with Crippen molar-refractivity contribution < 1.29 is 4.74 Å². The lowest BCUT2D eigenvalue weighted by atomic mass is 10.1. The minimum Gasteiger partial charge on any atom is -0.494 e. The van der Waals surface area contributed by atoms with Crippen LogP contribution in [0.4, 0.5) is 0 Å². The largest absolute Gasteiger partial charge is 0.494 e. The van der Waals surface area contributed by atoms with Crippen LogP contribution in [0.2, 0.25) is 0 Å². The zero-order valence-electron chi connectivity index (χ0n) is 16.2. The molecule has 4 aromatic rings. The molecule has 0 fully saturated rings. The lowest BCUT2D eigenvalue weighted by molar-refractivity contribution is 0.317. The van der Waals surface area contributed by atoms with E-state index in [-0.39, 0.29) is 11.3 Å². The lowest BCUT2D eigenvalue weighted by Gasteiger charge is -2.05. The molecule has 6 nitrogen and oxygen atoms in total. The number of nitrogens with zero attached hydrogens (tertiary/aromatic N) is 3. The molecule has 2 aromatic carbocycles. The molecule has 0 aliphatic carbocycles. The van der Waals surface area contributed by atoms with Crippen molar-refractivity contribution >= 4 is 38.3 Å². The first-order valence-electron chi connectivity index (χ1n) is 9.45. The van der Waals surface area contributed by atoms with Crippen molar-refractivity contribution in [2.24, 2.45) is 0 Å². The van der Waals surface area contributed by atoms with E-state index in [1.165, 1.54) is 4.52 Å². The molecule has 0 aliphatic rings. The van der Waals surface area contributed by atoms with Crippen LogP contribution in [-0.4, -0.2) is 21.2 Å². The number of rotatable bonds is 6. The van der Waals surface area contributed by atoms with Gasteiger partial charge >= 0.3 is 0 Å². The van der Waals surface area contributed by atoms with Crippen molar-refractivity contribution in [3.05, 3.63) is 95.1 Å². The number of aromatic nitrogens is 3. The highest BCUT2D eigenvalue weighted by molar-refractivity contribution is 9.10. The Labute approximate surface area is 184 Å². The standard InChI is InChI=1S/C22H18BrN3O3S/c1-2-11-29-17-9-5-14(6-10-17)12-18-20(27)24-22-26(25-18)21(28)19(30-22)13-15-3-7-16(23)8-4-15/h3-10,13H,2,11-12H2,1H3/b19-13+. The molecule has 0 amide bonds. The van der Waals surface area contributed by atoms with Gasteiger partial charge in [-0.1, -0.05) is 58.5 Å². The summed E-state index contributed by atoms with van der Waals surface area (Å²) in [4.78, 5) is 29.6. The summed E-state index contributed by atoms with van der Waals surface area (Å²) in [5, 5.41) is 4.30. The van der Waals surface area contributed by atoms with Gasteiger partial charge in [-0.15, -0.1) is 0 Å². The van der Waals surface area contributed by atoms with Crippen LogP contribution in [0.5, 0.6) is 5.75 Å². The molecule has 30 heavy (non-hydrogen) atoms. The highest BCUT2D eigenvalue weighted by atomic mass is 79.9. The zero-order chi connectivity index (χ0) is 21.1. The maximum absolute atomic E-state index is 12.8. The SMILES string of the molecule is CCCOc1ccc(Cc2nn3c(=O)/c(=C\c4ccc(Br)cc4)sc3nc2=O)cc1. The van der Waals surface area contributed by atoms with E-state index in [9.17, 15) is 9.59 Å². The van der Waals surface area contributed by atoms with Crippen LogP contribution in [0.1, 0.15) is 30.2 Å². The summed E-state index contributed by atoms with van der Waals surface area (Å²) in [6, 6.07) is 15.1. The summed E-state index contributed by atoms with van der Waals surface area (Å²) >= 11 is 4.55. The summed E-state index contributed by atoms with van der Waals surface area (Å²) in [5.74, 6) is 0.784. The van der Waals surface area contributed by atoms with Gasteiger partial charge in [0.05, 0.1) is 11.1 Å². The van der Waals surface area contributed by atoms with Gasteiger partial charge in [0, 0.05) is 10.9 Å². The van der Waals surface area contributed by atoms with Gasteiger partial charge < -0.3 is 4.74 Å². The van der Waals surface area contributed by atoms with Crippen molar-refractivity contribution in [3.63, 3.8) is 0 Å². The van der Waals surface area contributed by atoms with Crippen molar-refractivity contribution in [2.45, 2.75) is 19.8 Å². The molecule has 4 rings (SSSR count). The average molecular weight is 484 g/mol. The molecule has 0 unspecified atom stereocenters. The van der Waals surface area contributed by atoms with Crippen molar-refractivity contribution in [1.29, 1.82) is 0 Å². The summed E-state index contributed by atoms with van der Waals surface area (Å²) in [6.07, 6.45) is 3.01. The Hall–Kier alpha value is -2.84. The number of fused-ring (bicyclic) bond motifs is 1. The van der Waals surface area contributed by atoms with Crippen LogP contribution in [0, 0.1) is 0 Å². The fourth-order valence-corrected chi connectivity index (χ4v) is 4.05.